The van der Waals surface area contributed by atoms with Crippen LogP contribution in [-0.2, 0) is 9.59 Å². The Labute approximate surface area is 80.1 Å². The molecule has 0 unspecified atom stereocenters. The minimum Gasteiger partial charge on any atom is -0.478 e. The summed E-state index contributed by atoms with van der Waals surface area (Å²) < 4.78 is 0. The number of carboxylic acid groups (broad SMARTS) is 2. The Balaban J connectivity index is 3.03. The monoisotopic (exact) mass is 201 g/mol. The van der Waals surface area contributed by atoms with Gasteiger partial charge in [-0.25, -0.2) is 9.59 Å². The van der Waals surface area contributed by atoms with Gasteiger partial charge in [-0.05, 0) is 6.42 Å². The number of hydrogen-bond acceptors (Lipinski definition) is 4. The summed E-state index contributed by atoms with van der Waals surface area (Å²) in [6.45, 7) is 0.282. The number of carboxylic acids is 2. The lowest BCUT2D eigenvalue weighted by Gasteiger charge is -2.33. The van der Waals surface area contributed by atoms with Crippen LogP contribution in [-0.4, -0.2) is 51.9 Å². The predicted octanol–water partition coefficient (Wildman–Crippen LogP) is -0.892. The highest BCUT2D eigenvalue weighted by molar-refractivity contribution is 5.98. The average Bonchev–Trinajstić information content (AvgIpc) is 1.99. The molecule has 3 N–H and O–H groups in total. The second-order valence-corrected chi connectivity index (χ2v) is 2.94. The molecule has 0 bridgehead atoms. The van der Waals surface area contributed by atoms with Crippen LogP contribution in [0, 0.1) is 0 Å². The lowest BCUT2D eigenvalue weighted by Crippen LogP contribution is -2.41. The molecule has 0 aromatic carbocycles. The van der Waals surface area contributed by atoms with E-state index >= 15 is 0 Å². The number of nitrogens with zero attached hydrogens (tertiary/aromatic N) is 1. The van der Waals surface area contributed by atoms with E-state index in [0.717, 1.165) is 6.42 Å². The highest BCUT2D eigenvalue weighted by atomic mass is 16.4. The number of aliphatic hydroxyl groups is 1. The van der Waals surface area contributed by atoms with Gasteiger partial charge in [0.15, 0.2) is 0 Å². The molecule has 0 amide bonds. The molecule has 6 nitrogen and oxygen atoms in total. The van der Waals surface area contributed by atoms with Crippen LogP contribution in [0.4, 0.5) is 0 Å². The summed E-state index contributed by atoms with van der Waals surface area (Å²) in [4.78, 5) is 22.8. The molecule has 0 aromatic rings. The zero-order chi connectivity index (χ0) is 10.7. The van der Waals surface area contributed by atoms with Crippen molar-refractivity contribution in [3.8, 4) is 0 Å². The number of hydrogen-bond donors (Lipinski definition) is 3. The minimum absolute atomic E-state index is 0.300. The van der Waals surface area contributed by atoms with Crippen LogP contribution >= 0.6 is 0 Å². The molecular formula is C8H11NO5. The number of aliphatic hydroxyl groups excluding tert-OH is 1. The quantitative estimate of drug-likeness (QED) is 0.510. The lowest BCUT2D eigenvalue weighted by molar-refractivity contribution is -0.138. The van der Waals surface area contributed by atoms with Gasteiger partial charge in [0.1, 0.15) is 5.70 Å². The smallest absolute Gasteiger partial charge is 0.352 e. The minimum atomic E-state index is -1.39. The molecule has 1 aliphatic heterocycles. The third-order valence-corrected chi connectivity index (χ3v) is 2.08. The number of likely N-dealkylation sites (tertiary alicyclic amines) is 1. The van der Waals surface area contributed by atoms with Crippen LogP contribution < -0.4 is 0 Å². The van der Waals surface area contributed by atoms with E-state index in [9.17, 15) is 9.59 Å². The van der Waals surface area contributed by atoms with Crippen molar-refractivity contribution in [2.75, 3.05) is 19.7 Å². The summed E-state index contributed by atoms with van der Waals surface area (Å²) in [7, 11) is 0. The van der Waals surface area contributed by atoms with Crippen molar-refractivity contribution in [3.63, 3.8) is 0 Å². The molecule has 0 atom stereocenters. The topological polar surface area (TPSA) is 98.1 Å². The molecule has 0 aromatic heterocycles. The first-order valence-corrected chi connectivity index (χ1v) is 4.13. The van der Waals surface area contributed by atoms with Gasteiger partial charge in [0.2, 0.25) is 0 Å². The molecule has 14 heavy (non-hydrogen) atoms. The molecule has 1 aliphatic rings. The molecule has 1 fully saturated rings. The maximum Gasteiger partial charge on any atom is 0.352 e. The summed E-state index contributed by atoms with van der Waals surface area (Å²) in [5.74, 6) is -2.70. The van der Waals surface area contributed by atoms with Gasteiger partial charge < -0.3 is 20.2 Å². The van der Waals surface area contributed by atoms with Crippen molar-refractivity contribution in [1.29, 1.82) is 0 Å². The molecule has 0 spiro atoms. The van der Waals surface area contributed by atoms with Crippen LogP contribution in [0.5, 0.6) is 0 Å². The summed E-state index contributed by atoms with van der Waals surface area (Å²) in [6, 6.07) is 0. The number of carbonyl (C=O) groups is 2. The Hall–Kier alpha value is -1.56. The second-order valence-electron chi connectivity index (χ2n) is 2.94. The highest BCUT2D eigenvalue weighted by Crippen LogP contribution is 2.18. The maximum atomic E-state index is 10.8. The van der Waals surface area contributed by atoms with E-state index in [1.165, 1.54) is 4.90 Å². The largest absolute Gasteiger partial charge is 0.478 e. The van der Waals surface area contributed by atoms with Gasteiger partial charge >= 0.3 is 11.9 Å². The molecule has 0 aliphatic carbocycles. The summed E-state index contributed by atoms with van der Waals surface area (Å²) in [5.41, 5.74) is -0.761. The zero-order valence-electron chi connectivity index (χ0n) is 7.43. The zero-order valence-corrected chi connectivity index (χ0v) is 7.43. The van der Waals surface area contributed by atoms with E-state index in [0.29, 0.717) is 13.1 Å². The van der Waals surface area contributed by atoms with Crippen molar-refractivity contribution < 1.29 is 24.9 Å². The van der Waals surface area contributed by atoms with Crippen molar-refractivity contribution in [1.82, 2.24) is 4.90 Å². The van der Waals surface area contributed by atoms with Gasteiger partial charge in [0.25, 0.3) is 0 Å². The normalized spacial score (nSPS) is 17.1. The fraction of sp³-hybridized carbons (Fsp3) is 0.500. The van der Waals surface area contributed by atoms with Crippen LogP contribution in [0.3, 0.4) is 0 Å². The Kier molecular flexibility index (Phi) is 3.08. The first-order chi connectivity index (χ1) is 6.57. The van der Waals surface area contributed by atoms with Crippen molar-refractivity contribution in [3.05, 3.63) is 11.3 Å². The maximum absolute atomic E-state index is 10.8. The summed E-state index contributed by atoms with van der Waals surface area (Å²) >= 11 is 0. The van der Waals surface area contributed by atoms with E-state index in [-0.39, 0.29) is 5.70 Å². The predicted molar refractivity (Wildman–Crippen MR) is 45.6 cm³/mol. The van der Waals surface area contributed by atoms with E-state index < -0.39 is 24.1 Å². The molecule has 1 rings (SSSR count). The van der Waals surface area contributed by atoms with Crippen molar-refractivity contribution >= 4 is 11.9 Å². The van der Waals surface area contributed by atoms with Crippen LogP contribution in [0.2, 0.25) is 0 Å². The van der Waals surface area contributed by atoms with Crippen molar-refractivity contribution in [2.24, 2.45) is 0 Å². The summed E-state index contributed by atoms with van der Waals surface area (Å²) in [5, 5.41) is 26.2. The third-order valence-electron chi connectivity index (χ3n) is 2.08. The van der Waals surface area contributed by atoms with Gasteiger partial charge in [-0.1, -0.05) is 0 Å². The van der Waals surface area contributed by atoms with Gasteiger partial charge in [-0.3, -0.25) is 0 Å². The van der Waals surface area contributed by atoms with Gasteiger partial charge in [-0.2, -0.15) is 0 Å². The number of aliphatic carboxylic acids is 2. The molecular weight excluding hydrogens is 190 g/mol. The molecule has 1 saturated heterocycles. The SMILES string of the molecule is O=C(O)C(CO)=C(C(=O)O)N1CCC1. The average molecular weight is 201 g/mol. The molecule has 1 heterocycles. The van der Waals surface area contributed by atoms with E-state index in [2.05, 4.69) is 0 Å². The van der Waals surface area contributed by atoms with Crippen molar-refractivity contribution in [2.45, 2.75) is 6.42 Å². The molecule has 78 valence electrons. The number of rotatable bonds is 4. The van der Waals surface area contributed by atoms with Gasteiger partial charge in [0, 0.05) is 13.1 Å². The van der Waals surface area contributed by atoms with Crippen LogP contribution in [0.1, 0.15) is 6.42 Å². The van der Waals surface area contributed by atoms with E-state index in [4.69, 9.17) is 15.3 Å². The first kappa shape index (κ1) is 10.5. The Morgan fingerprint density at radius 3 is 1.93 bits per heavy atom. The fourth-order valence-electron chi connectivity index (χ4n) is 1.24. The molecule has 0 radical (unpaired) electrons. The Morgan fingerprint density at radius 2 is 1.71 bits per heavy atom. The first-order valence-electron chi connectivity index (χ1n) is 4.13. The van der Waals surface area contributed by atoms with Gasteiger partial charge in [0.05, 0.1) is 12.2 Å². The lowest BCUT2D eigenvalue weighted by atomic mass is 10.1. The van der Waals surface area contributed by atoms with Crippen LogP contribution in [0.15, 0.2) is 11.3 Å². The Bertz CT molecular complexity index is 292. The van der Waals surface area contributed by atoms with Gasteiger partial charge in [-0.15, -0.1) is 0 Å². The molecule has 6 heteroatoms. The summed E-state index contributed by atoms with van der Waals surface area (Å²) in [6.07, 6.45) is 0.842. The third kappa shape index (κ3) is 1.85. The highest BCUT2D eigenvalue weighted by Gasteiger charge is 2.28. The Morgan fingerprint density at radius 1 is 1.14 bits per heavy atom. The second kappa shape index (κ2) is 4.10. The van der Waals surface area contributed by atoms with Crippen LogP contribution in [0.25, 0.3) is 0 Å². The standard InChI is InChI=1S/C8H11NO5/c10-4-5(7(11)12)6(8(13)14)9-2-1-3-9/h10H,1-4H2,(H,11,12)(H,13,14). The van der Waals surface area contributed by atoms with E-state index in [1.807, 2.05) is 0 Å². The van der Waals surface area contributed by atoms with E-state index in [1.54, 1.807) is 0 Å². The fourth-order valence-corrected chi connectivity index (χ4v) is 1.24. The molecule has 0 saturated carbocycles.